The number of fused-ring (bicyclic) bond motifs is 3. The fraction of sp³-hybridized carbons (Fsp3) is 0.0909. The molecule has 0 atom stereocenters. The smallest absolute Gasteiger partial charge is 0.307 e. The van der Waals surface area contributed by atoms with Gasteiger partial charge in [-0.05, 0) is 35.0 Å². The Bertz CT molecular complexity index is 1190. The van der Waals surface area contributed by atoms with Gasteiger partial charge in [-0.1, -0.05) is 30.3 Å². The van der Waals surface area contributed by atoms with Gasteiger partial charge in [0.05, 0.1) is 20.4 Å². The number of ether oxygens (including phenoxy) is 2. The van der Waals surface area contributed by atoms with Crippen molar-refractivity contribution in [1.82, 2.24) is 5.43 Å². The minimum atomic E-state index is -0.427. The van der Waals surface area contributed by atoms with Gasteiger partial charge in [-0.15, -0.1) is 0 Å². The minimum Gasteiger partial charge on any atom is -0.497 e. The molecule has 140 valence electrons. The largest absolute Gasteiger partial charge is 0.497 e. The molecular weight excluding hydrogens is 356 g/mol. The van der Waals surface area contributed by atoms with Crippen molar-refractivity contribution < 1.29 is 18.7 Å². The van der Waals surface area contributed by atoms with Gasteiger partial charge in [0.25, 0.3) is 0 Å². The molecule has 0 spiro atoms. The van der Waals surface area contributed by atoms with Crippen LogP contribution in [0.1, 0.15) is 16.1 Å². The van der Waals surface area contributed by atoms with Crippen LogP contribution in [-0.2, 0) is 0 Å². The summed E-state index contributed by atoms with van der Waals surface area (Å²) in [4.78, 5) is 12.4. The highest BCUT2D eigenvalue weighted by Gasteiger charge is 2.13. The second-order valence-electron chi connectivity index (χ2n) is 6.12. The predicted octanol–water partition coefficient (Wildman–Crippen LogP) is 4.37. The van der Waals surface area contributed by atoms with Gasteiger partial charge in [0.2, 0.25) is 0 Å². The Morgan fingerprint density at radius 3 is 2.68 bits per heavy atom. The first-order valence-corrected chi connectivity index (χ1v) is 8.66. The van der Waals surface area contributed by atoms with Crippen LogP contribution in [0.15, 0.2) is 70.2 Å². The van der Waals surface area contributed by atoms with Gasteiger partial charge in [0.15, 0.2) is 5.76 Å². The van der Waals surface area contributed by atoms with Crippen LogP contribution in [0.3, 0.4) is 0 Å². The number of amides is 1. The first kappa shape index (κ1) is 17.6. The van der Waals surface area contributed by atoms with Crippen LogP contribution in [0.5, 0.6) is 11.5 Å². The number of hydrazone groups is 1. The lowest BCUT2D eigenvalue weighted by molar-refractivity contribution is 0.0929. The molecule has 0 aliphatic carbocycles. The summed E-state index contributed by atoms with van der Waals surface area (Å²) in [7, 11) is 3.14. The molecule has 0 aliphatic heterocycles. The third-order valence-electron chi connectivity index (χ3n) is 4.46. The molecule has 1 heterocycles. The predicted molar refractivity (Wildman–Crippen MR) is 108 cm³/mol. The maximum atomic E-state index is 12.4. The van der Waals surface area contributed by atoms with Crippen molar-refractivity contribution in [3.05, 3.63) is 72.0 Å². The Morgan fingerprint density at radius 1 is 1.00 bits per heavy atom. The molecule has 1 aromatic heterocycles. The molecule has 0 saturated carbocycles. The van der Waals surface area contributed by atoms with Crippen molar-refractivity contribution in [2.75, 3.05) is 14.2 Å². The van der Waals surface area contributed by atoms with E-state index in [1.807, 2.05) is 36.4 Å². The maximum Gasteiger partial charge on any atom is 0.307 e. The molecule has 1 N–H and O–H groups in total. The van der Waals surface area contributed by atoms with E-state index in [0.717, 1.165) is 16.2 Å². The Hall–Kier alpha value is -3.80. The zero-order chi connectivity index (χ0) is 19.5. The number of carbonyl (C=O) groups is 1. The summed E-state index contributed by atoms with van der Waals surface area (Å²) in [6.07, 6.45) is 1.51. The molecule has 28 heavy (non-hydrogen) atoms. The van der Waals surface area contributed by atoms with Crippen LogP contribution in [0.4, 0.5) is 0 Å². The molecule has 3 aromatic carbocycles. The molecule has 0 unspecified atom stereocenters. The lowest BCUT2D eigenvalue weighted by Gasteiger charge is -2.06. The molecular formula is C22H18N2O4. The normalized spacial score (nSPS) is 11.2. The fourth-order valence-electron chi connectivity index (χ4n) is 3.05. The number of nitrogens with zero attached hydrogens (tertiary/aromatic N) is 1. The average Bonchev–Trinajstić information content (AvgIpc) is 3.19. The van der Waals surface area contributed by atoms with Crippen molar-refractivity contribution in [2.24, 2.45) is 5.10 Å². The monoisotopic (exact) mass is 374 g/mol. The molecule has 1 amide bonds. The van der Waals surface area contributed by atoms with Crippen LogP contribution in [0.25, 0.3) is 21.7 Å². The Kier molecular flexibility index (Phi) is 4.68. The molecule has 0 aliphatic rings. The number of benzene rings is 3. The van der Waals surface area contributed by atoms with E-state index in [0.29, 0.717) is 22.6 Å². The lowest BCUT2D eigenvalue weighted by atomic mass is 10.1. The van der Waals surface area contributed by atoms with Crippen LogP contribution < -0.4 is 14.9 Å². The van der Waals surface area contributed by atoms with Crippen LogP contribution in [0, 0.1) is 0 Å². The van der Waals surface area contributed by atoms with Gasteiger partial charge in [-0.2, -0.15) is 5.10 Å². The third kappa shape index (κ3) is 3.27. The molecule has 4 rings (SSSR count). The first-order valence-electron chi connectivity index (χ1n) is 8.66. The van der Waals surface area contributed by atoms with Crippen LogP contribution in [-0.4, -0.2) is 26.3 Å². The summed E-state index contributed by atoms with van der Waals surface area (Å²) in [6.45, 7) is 0. The minimum absolute atomic E-state index is 0.199. The molecule has 0 saturated heterocycles. The lowest BCUT2D eigenvalue weighted by Crippen LogP contribution is -2.16. The van der Waals surface area contributed by atoms with Gasteiger partial charge in [-0.25, -0.2) is 5.43 Å². The number of nitrogens with one attached hydrogen (secondary N) is 1. The molecule has 6 nitrogen and oxygen atoms in total. The summed E-state index contributed by atoms with van der Waals surface area (Å²) in [5.41, 5.74) is 3.85. The summed E-state index contributed by atoms with van der Waals surface area (Å²) in [5, 5.41) is 7.03. The number of hydrogen-bond donors (Lipinski definition) is 1. The fourth-order valence-corrected chi connectivity index (χ4v) is 3.05. The summed E-state index contributed by atoms with van der Waals surface area (Å²) in [6, 6.07) is 18.8. The van der Waals surface area contributed by atoms with Gasteiger partial charge in [-0.3, -0.25) is 4.79 Å². The summed E-state index contributed by atoms with van der Waals surface area (Å²) < 4.78 is 16.2. The Morgan fingerprint density at radius 2 is 1.86 bits per heavy atom. The quantitative estimate of drug-likeness (QED) is 0.416. The second-order valence-corrected chi connectivity index (χ2v) is 6.12. The zero-order valence-corrected chi connectivity index (χ0v) is 15.4. The number of furan rings is 1. The molecule has 0 radical (unpaired) electrons. The Balaban J connectivity index is 1.56. The first-order chi connectivity index (χ1) is 13.7. The van der Waals surface area contributed by atoms with Gasteiger partial charge in [0.1, 0.15) is 17.1 Å². The SMILES string of the molecule is COc1ccc(C=NNC(=O)c2cc3c(ccc4ccccc43)o2)c(OC)c1. The number of hydrogen-bond acceptors (Lipinski definition) is 5. The molecule has 4 aromatic rings. The van der Waals surface area contributed by atoms with E-state index < -0.39 is 5.91 Å². The average molecular weight is 374 g/mol. The van der Waals surface area contributed by atoms with E-state index in [-0.39, 0.29) is 5.76 Å². The maximum absolute atomic E-state index is 12.4. The Labute approximate surface area is 161 Å². The van der Waals surface area contributed by atoms with E-state index in [4.69, 9.17) is 13.9 Å². The van der Waals surface area contributed by atoms with E-state index >= 15 is 0 Å². The number of methoxy groups -OCH3 is 2. The number of rotatable bonds is 5. The van der Waals surface area contributed by atoms with E-state index in [1.165, 1.54) is 6.21 Å². The molecule has 0 bridgehead atoms. The zero-order valence-electron chi connectivity index (χ0n) is 15.4. The van der Waals surface area contributed by atoms with Gasteiger partial charge >= 0.3 is 5.91 Å². The second kappa shape index (κ2) is 7.44. The highest BCUT2D eigenvalue weighted by Crippen LogP contribution is 2.28. The van der Waals surface area contributed by atoms with Crippen molar-refractivity contribution in [3.63, 3.8) is 0 Å². The highest BCUT2D eigenvalue weighted by atomic mass is 16.5. The van der Waals surface area contributed by atoms with Crippen molar-refractivity contribution >= 4 is 33.9 Å². The van der Waals surface area contributed by atoms with Crippen LogP contribution in [0.2, 0.25) is 0 Å². The van der Waals surface area contributed by atoms with Crippen LogP contribution >= 0.6 is 0 Å². The van der Waals surface area contributed by atoms with E-state index in [1.54, 1.807) is 38.5 Å². The van der Waals surface area contributed by atoms with E-state index in [2.05, 4.69) is 10.5 Å². The van der Waals surface area contributed by atoms with Gasteiger partial charge < -0.3 is 13.9 Å². The summed E-state index contributed by atoms with van der Waals surface area (Å²) in [5.74, 6) is 1.04. The topological polar surface area (TPSA) is 73.1 Å². The van der Waals surface area contributed by atoms with E-state index in [9.17, 15) is 4.79 Å². The standard InChI is InChI=1S/C22H18N2O4/c1-26-16-9-7-15(20(11-16)27-2)13-23-24-22(25)21-12-18-17-6-4-3-5-14(17)8-10-19(18)28-21/h3-13H,1-2H3,(H,24,25). The molecule has 0 fully saturated rings. The molecule has 6 heteroatoms. The van der Waals surface area contributed by atoms with Crippen molar-refractivity contribution in [1.29, 1.82) is 0 Å². The van der Waals surface area contributed by atoms with Gasteiger partial charge in [0, 0.05) is 17.0 Å². The third-order valence-corrected chi connectivity index (χ3v) is 4.46. The highest BCUT2D eigenvalue weighted by molar-refractivity contribution is 6.08. The van der Waals surface area contributed by atoms with Crippen molar-refractivity contribution in [3.8, 4) is 11.5 Å². The number of carbonyl (C=O) groups excluding carboxylic acids is 1. The van der Waals surface area contributed by atoms with Crippen molar-refractivity contribution in [2.45, 2.75) is 0 Å². The summed E-state index contributed by atoms with van der Waals surface area (Å²) >= 11 is 0.